The molecule has 0 bridgehead atoms. The highest BCUT2D eigenvalue weighted by atomic mass is 14.9. The highest BCUT2D eigenvalue weighted by molar-refractivity contribution is 5.78. The second-order valence-electron chi connectivity index (χ2n) is 5.41. The minimum absolute atomic E-state index is 1.08. The van der Waals surface area contributed by atoms with Crippen molar-refractivity contribution in [1.29, 1.82) is 0 Å². The summed E-state index contributed by atoms with van der Waals surface area (Å²) in [7, 11) is 0. The van der Waals surface area contributed by atoms with E-state index >= 15 is 0 Å². The van der Waals surface area contributed by atoms with Crippen molar-refractivity contribution in [3.05, 3.63) is 29.6 Å². The van der Waals surface area contributed by atoms with Crippen molar-refractivity contribution in [2.75, 3.05) is 0 Å². The zero-order valence-electron chi connectivity index (χ0n) is 12.3. The summed E-state index contributed by atoms with van der Waals surface area (Å²) >= 11 is 0. The van der Waals surface area contributed by atoms with Crippen molar-refractivity contribution >= 4 is 11.0 Å². The molecule has 0 spiro atoms. The van der Waals surface area contributed by atoms with E-state index in [1.54, 1.807) is 0 Å². The average molecular weight is 258 g/mol. The number of aryl methyl sites for hydroxylation is 2. The first-order valence-electron chi connectivity index (χ1n) is 7.81. The Bertz CT molecular complexity index is 499. The number of aromatic amines is 1. The summed E-state index contributed by atoms with van der Waals surface area (Å²) in [6.07, 6.45) is 9.89. The SMILES string of the molecule is CCCCCc1nc2c(CCCCC)cccc2[nH]1. The quantitative estimate of drug-likeness (QED) is 0.661. The minimum atomic E-state index is 1.08. The van der Waals surface area contributed by atoms with Crippen molar-refractivity contribution in [1.82, 2.24) is 9.97 Å². The van der Waals surface area contributed by atoms with Crippen LogP contribution in [0.4, 0.5) is 0 Å². The molecule has 0 unspecified atom stereocenters. The van der Waals surface area contributed by atoms with E-state index in [0.717, 1.165) is 18.7 Å². The number of H-pyrrole nitrogens is 1. The predicted octanol–water partition coefficient (Wildman–Crippen LogP) is 5.03. The third kappa shape index (κ3) is 3.82. The fraction of sp³-hybridized carbons (Fsp3) is 0.588. The molecule has 1 aromatic heterocycles. The molecule has 1 N–H and O–H groups in total. The van der Waals surface area contributed by atoms with Crippen LogP contribution in [0.3, 0.4) is 0 Å². The summed E-state index contributed by atoms with van der Waals surface area (Å²) in [5.74, 6) is 1.16. The molecule has 0 fully saturated rings. The number of unbranched alkanes of at least 4 members (excludes halogenated alkanes) is 4. The first-order chi connectivity index (χ1) is 9.35. The Kier molecular flexibility index (Phi) is 5.44. The van der Waals surface area contributed by atoms with Gasteiger partial charge in [-0.2, -0.15) is 0 Å². The van der Waals surface area contributed by atoms with Gasteiger partial charge in [0.15, 0.2) is 0 Å². The first-order valence-corrected chi connectivity index (χ1v) is 7.81. The van der Waals surface area contributed by atoms with Gasteiger partial charge in [-0.1, -0.05) is 51.7 Å². The number of benzene rings is 1. The zero-order valence-corrected chi connectivity index (χ0v) is 12.3. The number of hydrogen-bond donors (Lipinski definition) is 1. The monoisotopic (exact) mass is 258 g/mol. The smallest absolute Gasteiger partial charge is 0.107 e. The van der Waals surface area contributed by atoms with E-state index in [0.29, 0.717) is 0 Å². The van der Waals surface area contributed by atoms with Crippen molar-refractivity contribution in [2.45, 2.75) is 65.2 Å². The van der Waals surface area contributed by atoms with Gasteiger partial charge in [0.25, 0.3) is 0 Å². The lowest BCUT2D eigenvalue weighted by atomic mass is 10.1. The number of nitrogens with zero attached hydrogens (tertiary/aromatic N) is 1. The lowest BCUT2D eigenvalue weighted by Crippen LogP contribution is -1.89. The summed E-state index contributed by atoms with van der Waals surface area (Å²) in [6, 6.07) is 6.53. The van der Waals surface area contributed by atoms with Gasteiger partial charge in [0.05, 0.1) is 11.0 Å². The summed E-state index contributed by atoms with van der Waals surface area (Å²) in [5, 5.41) is 0. The molecular formula is C17H26N2. The molecule has 0 atom stereocenters. The molecule has 0 saturated carbocycles. The van der Waals surface area contributed by atoms with Crippen LogP contribution in [0, 0.1) is 0 Å². The van der Waals surface area contributed by atoms with Gasteiger partial charge in [-0.15, -0.1) is 0 Å². The van der Waals surface area contributed by atoms with Gasteiger partial charge in [0.1, 0.15) is 5.82 Å². The Labute approximate surface area is 116 Å². The standard InChI is InChI=1S/C17H26N2/c1-3-5-7-10-14-11-9-12-15-17(14)19-16(18-15)13-8-6-4-2/h9,11-12H,3-8,10,13H2,1-2H3,(H,18,19). The van der Waals surface area contributed by atoms with Gasteiger partial charge in [-0.3, -0.25) is 0 Å². The molecule has 0 saturated heterocycles. The average Bonchev–Trinajstić information content (AvgIpc) is 2.83. The van der Waals surface area contributed by atoms with Crippen LogP contribution in [0.2, 0.25) is 0 Å². The first kappa shape index (κ1) is 14.1. The molecule has 1 aromatic carbocycles. The lowest BCUT2D eigenvalue weighted by Gasteiger charge is -2.01. The molecule has 2 heteroatoms. The lowest BCUT2D eigenvalue weighted by molar-refractivity contribution is 0.700. The van der Waals surface area contributed by atoms with E-state index in [-0.39, 0.29) is 0 Å². The molecule has 2 rings (SSSR count). The molecule has 19 heavy (non-hydrogen) atoms. The highest BCUT2D eigenvalue weighted by Crippen LogP contribution is 2.19. The van der Waals surface area contributed by atoms with E-state index in [2.05, 4.69) is 37.0 Å². The van der Waals surface area contributed by atoms with Gasteiger partial charge in [0.2, 0.25) is 0 Å². The van der Waals surface area contributed by atoms with Gasteiger partial charge in [-0.05, 0) is 30.9 Å². The fourth-order valence-electron chi connectivity index (χ4n) is 2.57. The third-order valence-electron chi connectivity index (χ3n) is 3.71. The van der Waals surface area contributed by atoms with E-state index in [4.69, 9.17) is 4.98 Å². The number of fused-ring (bicyclic) bond motifs is 1. The summed E-state index contributed by atoms with van der Waals surface area (Å²) in [5.41, 5.74) is 3.81. The number of nitrogens with one attached hydrogen (secondary N) is 1. The van der Waals surface area contributed by atoms with Crippen LogP contribution in [0.1, 0.15) is 63.8 Å². The van der Waals surface area contributed by atoms with Crippen molar-refractivity contribution in [3.63, 3.8) is 0 Å². The van der Waals surface area contributed by atoms with Gasteiger partial charge in [0, 0.05) is 6.42 Å². The van der Waals surface area contributed by atoms with E-state index in [9.17, 15) is 0 Å². The Morgan fingerprint density at radius 3 is 2.42 bits per heavy atom. The van der Waals surface area contributed by atoms with Crippen LogP contribution < -0.4 is 0 Å². The Morgan fingerprint density at radius 2 is 1.68 bits per heavy atom. The second-order valence-corrected chi connectivity index (χ2v) is 5.41. The Hall–Kier alpha value is -1.31. The molecule has 0 aliphatic rings. The topological polar surface area (TPSA) is 28.7 Å². The molecule has 0 aliphatic heterocycles. The van der Waals surface area contributed by atoms with Crippen LogP contribution in [0.5, 0.6) is 0 Å². The highest BCUT2D eigenvalue weighted by Gasteiger charge is 2.06. The molecule has 1 heterocycles. The molecule has 0 aliphatic carbocycles. The third-order valence-corrected chi connectivity index (χ3v) is 3.71. The number of imidazole rings is 1. The molecule has 0 radical (unpaired) electrons. The summed E-state index contributed by atoms with van der Waals surface area (Å²) in [4.78, 5) is 8.28. The summed E-state index contributed by atoms with van der Waals surface area (Å²) in [6.45, 7) is 4.49. The molecule has 104 valence electrons. The zero-order chi connectivity index (χ0) is 13.5. The molecular weight excluding hydrogens is 232 g/mol. The Balaban J connectivity index is 2.09. The molecule has 2 nitrogen and oxygen atoms in total. The van der Waals surface area contributed by atoms with Gasteiger partial charge < -0.3 is 4.98 Å². The maximum absolute atomic E-state index is 4.81. The maximum atomic E-state index is 4.81. The Morgan fingerprint density at radius 1 is 0.947 bits per heavy atom. The number of hydrogen-bond acceptors (Lipinski definition) is 1. The normalized spacial score (nSPS) is 11.3. The second kappa shape index (κ2) is 7.32. The van der Waals surface area contributed by atoms with Crippen LogP contribution in [0.25, 0.3) is 11.0 Å². The number of aromatic nitrogens is 2. The number of para-hydroxylation sites is 1. The van der Waals surface area contributed by atoms with Crippen LogP contribution >= 0.6 is 0 Å². The predicted molar refractivity (Wildman–Crippen MR) is 82.6 cm³/mol. The fourth-order valence-corrected chi connectivity index (χ4v) is 2.57. The van der Waals surface area contributed by atoms with Crippen molar-refractivity contribution in [3.8, 4) is 0 Å². The van der Waals surface area contributed by atoms with Gasteiger partial charge >= 0.3 is 0 Å². The minimum Gasteiger partial charge on any atom is -0.342 e. The van der Waals surface area contributed by atoms with Crippen LogP contribution in [-0.4, -0.2) is 9.97 Å². The maximum Gasteiger partial charge on any atom is 0.107 e. The van der Waals surface area contributed by atoms with E-state index < -0.39 is 0 Å². The van der Waals surface area contributed by atoms with Crippen molar-refractivity contribution in [2.24, 2.45) is 0 Å². The summed E-state index contributed by atoms with van der Waals surface area (Å²) < 4.78 is 0. The molecule has 2 aromatic rings. The van der Waals surface area contributed by atoms with Crippen molar-refractivity contribution < 1.29 is 0 Å². The van der Waals surface area contributed by atoms with Crippen LogP contribution in [0.15, 0.2) is 18.2 Å². The van der Waals surface area contributed by atoms with Crippen LogP contribution in [-0.2, 0) is 12.8 Å². The van der Waals surface area contributed by atoms with E-state index in [1.165, 1.54) is 55.1 Å². The van der Waals surface area contributed by atoms with Gasteiger partial charge in [-0.25, -0.2) is 4.98 Å². The van der Waals surface area contributed by atoms with E-state index in [1.807, 2.05) is 0 Å². The largest absolute Gasteiger partial charge is 0.342 e. The molecule has 0 amide bonds. The number of rotatable bonds is 8.